The van der Waals surface area contributed by atoms with Crippen LogP contribution in [0.15, 0.2) is 83.9 Å². The fourth-order valence-electron chi connectivity index (χ4n) is 4.56. The Morgan fingerprint density at radius 3 is 2.37 bits per heavy atom. The van der Waals surface area contributed by atoms with Gasteiger partial charge < -0.3 is 10.0 Å². The molecule has 2 heterocycles. The fraction of sp³-hybridized carbons (Fsp3) is 0.214. The minimum absolute atomic E-state index is 0.194. The van der Waals surface area contributed by atoms with E-state index in [1.807, 2.05) is 61.5 Å². The SMILES string of the molecule is CCCC1SC(=NC(=O)c2ccccc2)N(Cc2ccc(-c3ccccc3-c3nn[nH]n3)cc2)C1C(=O)O. The molecule has 1 fully saturated rings. The topological polar surface area (TPSA) is 124 Å². The third kappa shape index (κ3) is 5.35. The number of nitrogens with one attached hydrogen (secondary N) is 1. The minimum atomic E-state index is -0.918. The van der Waals surface area contributed by atoms with Crippen molar-refractivity contribution in [2.45, 2.75) is 37.6 Å². The maximum absolute atomic E-state index is 12.9. The van der Waals surface area contributed by atoms with Crippen molar-refractivity contribution in [1.29, 1.82) is 0 Å². The van der Waals surface area contributed by atoms with E-state index in [1.54, 1.807) is 29.2 Å². The highest BCUT2D eigenvalue weighted by Gasteiger charge is 2.43. The number of tetrazole rings is 1. The second-order valence-electron chi connectivity index (χ2n) is 8.90. The van der Waals surface area contributed by atoms with E-state index in [2.05, 4.69) is 25.6 Å². The number of rotatable bonds is 8. The summed E-state index contributed by atoms with van der Waals surface area (Å²) in [5.41, 5.74) is 4.16. The lowest BCUT2D eigenvalue weighted by atomic mass is 9.98. The van der Waals surface area contributed by atoms with Gasteiger partial charge in [-0.05, 0) is 40.5 Å². The van der Waals surface area contributed by atoms with Gasteiger partial charge in [0.2, 0.25) is 5.82 Å². The van der Waals surface area contributed by atoms with Crippen LogP contribution in [-0.2, 0) is 11.3 Å². The molecule has 1 aliphatic rings. The summed E-state index contributed by atoms with van der Waals surface area (Å²) in [7, 11) is 0. The highest BCUT2D eigenvalue weighted by Crippen LogP contribution is 2.37. The van der Waals surface area contributed by atoms with Crippen molar-refractivity contribution >= 4 is 28.8 Å². The molecule has 1 aliphatic heterocycles. The van der Waals surface area contributed by atoms with E-state index < -0.39 is 12.0 Å². The normalized spacial score (nSPS) is 18.1. The molecule has 0 saturated carbocycles. The Hall–Kier alpha value is -4.31. The van der Waals surface area contributed by atoms with Crippen molar-refractivity contribution in [3.63, 3.8) is 0 Å². The Morgan fingerprint density at radius 1 is 1.00 bits per heavy atom. The number of carbonyl (C=O) groups excluding carboxylic acids is 1. The van der Waals surface area contributed by atoms with Crippen LogP contribution >= 0.6 is 11.8 Å². The summed E-state index contributed by atoms with van der Waals surface area (Å²) in [6.45, 7) is 2.34. The zero-order valence-electron chi connectivity index (χ0n) is 20.7. The molecule has 38 heavy (non-hydrogen) atoms. The van der Waals surface area contributed by atoms with Gasteiger partial charge in [0, 0.05) is 22.9 Å². The number of benzene rings is 3. The van der Waals surface area contributed by atoms with E-state index in [9.17, 15) is 14.7 Å². The highest BCUT2D eigenvalue weighted by molar-refractivity contribution is 8.14. The molecule has 0 bridgehead atoms. The quantitative estimate of drug-likeness (QED) is 0.332. The summed E-state index contributed by atoms with van der Waals surface area (Å²) < 4.78 is 0. The van der Waals surface area contributed by atoms with Crippen molar-refractivity contribution in [1.82, 2.24) is 25.5 Å². The molecule has 2 unspecified atom stereocenters. The number of amidine groups is 1. The van der Waals surface area contributed by atoms with E-state index >= 15 is 0 Å². The van der Waals surface area contributed by atoms with Crippen LogP contribution in [0.3, 0.4) is 0 Å². The number of carbonyl (C=O) groups is 2. The zero-order chi connectivity index (χ0) is 26.5. The summed E-state index contributed by atoms with van der Waals surface area (Å²) in [5.74, 6) is -0.791. The standard InChI is InChI=1S/C28H26N6O3S/c1-2-8-23-24(27(36)37)34(28(38-23)29-26(35)20-9-4-3-5-10-20)17-18-13-15-19(16-14-18)21-11-6-7-12-22(21)25-30-32-33-31-25/h3-7,9-16,23-24H,2,8,17H2,1H3,(H,36,37)(H,30,31,32,33). The molecule has 9 nitrogen and oxygen atoms in total. The molecule has 0 radical (unpaired) electrons. The predicted octanol–water partition coefficient (Wildman–Crippen LogP) is 4.90. The van der Waals surface area contributed by atoms with Gasteiger partial charge in [-0.1, -0.05) is 91.8 Å². The van der Waals surface area contributed by atoms with Gasteiger partial charge in [-0.25, -0.2) is 4.79 Å². The Balaban J connectivity index is 1.44. The molecule has 1 amide bonds. The number of thioether (sulfide) groups is 1. The summed E-state index contributed by atoms with van der Waals surface area (Å²) in [5, 5.41) is 24.7. The molecule has 4 aromatic rings. The van der Waals surface area contributed by atoms with Crippen LogP contribution < -0.4 is 0 Å². The first-order valence-electron chi connectivity index (χ1n) is 12.3. The van der Waals surface area contributed by atoms with Crippen molar-refractivity contribution in [2.24, 2.45) is 4.99 Å². The number of hydrogen-bond donors (Lipinski definition) is 2. The molecular weight excluding hydrogens is 500 g/mol. The number of aliphatic imine (C=N–C) groups is 1. The van der Waals surface area contributed by atoms with Crippen LogP contribution in [0.1, 0.15) is 35.7 Å². The van der Waals surface area contributed by atoms with Gasteiger partial charge >= 0.3 is 5.97 Å². The summed E-state index contributed by atoms with van der Waals surface area (Å²) in [6, 6.07) is 23.8. The second kappa shape index (κ2) is 11.4. The van der Waals surface area contributed by atoms with E-state index in [4.69, 9.17) is 0 Å². The molecule has 1 aromatic heterocycles. The molecule has 5 rings (SSSR count). The lowest BCUT2D eigenvalue weighted by Crippen LogP contribution is -2.42. The molecule has 10 heteroatoms. The summed E-state index contributed by atoms with van der Waals surface area (Å²) in [4.78, 5) is 31.4. The zero-order valence-corrected chi connectivity index (χ0v) is 21.5. The summed E-state index contributed by atoms with van der Waals surface area (Å²) >= 11 is 1.37. The number of carboxylic acids is 1. The van der Waals surface area contributed by atoms with Gasteiger partial charge in [-0.3, -0.25) is 4.79 Å². The van der Waals surface area contributed by atoms with Crippen molar-refractivity contribution < 1.29 is 14.7 Å². The largest absolute Gasteiger partial charge is 0.480 e. The fourth-order valence-corrected chi connectivity index (χ4v) is 6.03. The number of aromatic nitrogens is 4. The van der Waals surface area contributed by atoms with E-state index in [-0.39, 0.29) is 11.2 Å². The third-order valence-electron chi connectivity index (χ3n) is 6.37. The summed E-state index contributed by atoms with van der Waals surface area (Å²) in [6.07, 6.45) is 1.55. The first-order valence-corrected chi connectivity index (χ1v) is 13.2. The lowest BCUT2D eigenvalue weighted by molar-refractivity contribution is -0.141. The van der Waals surface area contributed by atoms with Crippen LogP contribution in [-0.4, -0.2) is 59.0 Å². The third-order valence-corrected chi connectivity index (χ3v) is 7.70. The molecule has 2 N–H and O–H groups in total. The average molecular weight is 527 g/mol. The monoisotopic (exact) mass is 526 g/mol. The number of carboxylic acid groups (broad SMARTS) is 1. The van der Waals surface area contributed by atoms with Crippen molar-refractivity contribution in [3.05, 3.63) is 90.0 Å². The molecule has 0 spiro atoms. The first-order chi connectivity index (χ1) is 18.5. The van der Waals surface area contributed by atoms with Crippen LogP contribution in [0, 0.1) is 0 Å². The van der Waals surface area contributed by atoms with Crippen LogP contribution in [0.2, 0.25) is 0 Å². The maximum Gasteiger partial charge on any atom is 0.327 e. The van der Waals surface area contributed by atoms with Gasteiger partial charge in [0.15, 0.2) is 5.17 Å². The maximum atomic E-state index is 12.9. The smallest absolute Gasteiger partial charge is 0.327 e. The molecular formula is C28H26N6O3S. The Kier molecular flexibility index (Phi) is 7.60. The van der Waals surface area contributed by atoms with E-state index in [0.29, 0.717) is 29.5 Å². The van der Waals surface area contributed by atoms with Gasteiger partial charge in [0.1, 0.15) is 6.04 Å². The molecule has 3 aromatic carbocycles. The van der Waals surface area contributed by atoms with Crippen LogP contribution in [0.4, 0.5) is 0 Å². The number of aliphatic carboxylic acids is 1. The van der Waals surface area contributed by atoms with Gasteiger partial charge in [-0.15, -0.1) is 10.2 Å². The number of amides is 1. The minimum Gasteiger partial charge on any atom is -0.480 e. The molecule has 0 aliphatic carbocycles. The molecule has 2 atom stereocenters. The second-order valence-corrected chi connectivity index (χ2v) is 10.1. The van der Waals surface area contributed by atoms with Gasteiger partial charge in [0.05, 0.1) is 0 Å². The van der Waals surface area contributed by atoms with Crippen molar-refractivity contribution in [3.8, 4) is 22.5 Å². The van der Waals surface area contributed by atoms with Gasteiger partial charge in [-0.2, -0.15) is 10.2 Å². The number of aromatic amines is 1. The van der Waals surface area contributed by atoms with Crippen LogP contribution in [0.5, 0.6) is 0 Å². The number of nitrogens with zero attached hydrogens (tertiary/aromatic N) is 5. The lowest BCUT2D eigenvalue weighted by Gasteiger charge is -2.25. The molecule has 192 valence electrons. The number of H-pyrrole nitrogens is 1. The highest BCUT2D eigenvalue weighted by atomic mass is 32.2. The van der Waals surface area contributed by atoms with Crippen LogP contribution in [0.25, 0.3) is 22.5 Å². The predicted molar refractivity (Wildman–Crippen MR) is 147 cm³/mol. The Labute approximate surface area is 224 Å². The van der Waals surface area contributed by atoms with Crippen molar-refractivity contribution in [2.75, 3.05) is 0 Å². The Bertz CT molecular complexity index is 1440. The Morgan fingerprint density at radius 2 is 1.71 bits per heavy atom. The van der Waals surface area contributed by atoms with E-state index in [1.165, 1.54) is 11.8 Å². The molecule has 1 saturated heterocycles. The van der Waals surface area contributed by atoms with E-state index in [0.717, 1.165) is 28.7 Å². The first kappa shape index (κ1) is 25.3. The number of hydrogen-bond acceptors (Lipinski definition) is 6. The van der Waals surface area contributed by atoms with Gasteiger partial charge in [0.25, 0.3) is 5.91 Å². The average Bonchev–Trinajstić information content (AvgIpc) is 3.59.